The number of hydrogen-bond acceptors (Lipinski definition) is 5. The highest BCUT2D eigenvalue weighted by Crippen LogP contribution is 2.29. The fourth-order valence-corrected chi connectivity index (χ4v) is 3.90. The molecule has 1 amide bonds. The molecule has 1 aliphatic heterocycles. The van der Waals surface area contributed by atoms with Gasteiger partial charge < -0.3 is 9.64 Å². The van der Waals surface area contributed by atoms with Gasteiger partial charge in [0.25, 0.3) is 5.91 Å². The maximum atomic E-state index is 12.6. The minimum atomic E-state index is -0.534. The Morgan fingerprint density at radius 1 is 0.839 bits per heavy atom. The highest BCUT2D eigenvalue weighted by atomic mass is 16.5. The Morgan fingerprint density at radius 3 is 2.00 bits per heavy atom. The lowest BCUT2D eigenvalue weighted by Gasteiger charge is -2.39. The molecule has 0 N–H and O–H groups in total. The van der Waals surface area contributed by atoms with Gasteiger partial charge in [0, 0.05) is 38.6 Å². The minimum Gasteiger partial charge on any atom is -0.452 e. The van der Waals surface area contributed by atoms with Crippen LogP contribution in [0.15, 0.2) is 85.2 Å². The lowest BCUT2D eigenvalue weighted by molar-refractivity contribution is -0.136. The van der Waals surface area contributed by atoms with Crippen LogP contribution in [-0.2, 0) is 9.53 Å². The van der Waals surface area contributed by atoms with E-state index in [0.717, 1.165) is 13.1 Å². The molecule has 158 valence electrons. The summed E-state index contributed by atoms with van der Waals surface area (Å²) in [6.45, 7) is 2.43. The summed E-state index contributed by atoms with van der Waals surface area (Å²) in [6.07, 6.45) is 3.01. The molecule has 0 atom stereocenters. The molecule has 1 aliphatic rings. The van der Waals surface area contributed by atoms with Crippen LogP contribution in [0.2, 0.25) is 0 Å². The van der Waals surface area contributed by atoms with Gasteiger partial charge in [-0.25, -0.2) is 4.79 Å². The number of ether oxygens (including phenoxy) is 1. The summed E-state index contributed by atoms with van der Waals surface area (Å²) >= 11 is 0. The maximum Gasteiger partial charge on any atom is 0.340 e. The Hall–Kier alpha value is -3.51. The van der Waals surface area contributed by atoms with Gasteiger partial charge in [-0.3, -0.25) is 14.7 Å². The second-order valence-corrected chi connectivity index (χ2v) is 7.46. The van der Waals surface area contributed by atoms with Gasteiger partial charge in [-0.1, -0.05) is 60.7 Å². The first kappa shape index (κ1) is 20.8. The summed E-state index contributed by atoms with van der Waals surface area (Å²) < 4.78 is 5.17. The number of esters is 1. The summed E-state index contributed by atoms with van der Waals surface area (Å²) in [5.41, 5.74) is 2.81. The van der Waals surface area contributed by atoms with E-state index < -0.39 is 5.97 Å². The molecule has 0 saturated carbocycles. The molecule has 0 radical (unpaired) electrons. The number of hydrogen-bond donors (Lipinski definition) is 0. The van der Waals surface area contributed by atoms with Crippen molar-refractivity contribution in [3.8, 4) is 0 Å². The molecule has 31 heavy (non-hydrogen) atoms. The molecule has 1 aromatic heterocycles. The molecule has 0 unspecified atom stereocenters. The second kappa shape index (κ2) is 10.00. The highest BCUT2D eigenvalue weighted by Gasteiger charge is 2.28. The fraction of sp³-hybridized carbons (Fsp3) is 0.240. The van der Waals surface area contributed by atoms with Crippen molar-refractivity contribution >= 4 is 11.9 Å². The van der Waals surface area contributed by atoms with Crippen LogP contribution in [0, 0.1) is 0 Å². The summed E-state index contributed by atoms with van der Waals surface area (Å²) in [5.74, 6) is -0.707. The van der Waals surface area contributed by atoms with Crippen LogP contribution in [0.1, 0.15) is 27.5 Å². The summed E-state index contributed by atoms with van der Waals surface area (Å²) in [4.78, 5) is 32.7. The molecule has 6 heteroatoms. The zero-order valence-electron chi connectivity index (χ0n) is 17.3. The van der Waals surface area contributed by atoms with Crippen LogP contribution in [0.5, 0.6) is 0 Å². The molecule has 4 rings (SSSR count). The molecule has 1 saturated heterocycles. The number of piperazine rings is 1. The summed E-state index contributed by atoms with van der Waals surface area (Å²) in [7, 11) is 0. The monoisotopic (exact) mass is 415 g/mol. The molecule has 2 heterocycles. The van der Waals surface area contributed by atoms with Crippen molar-refractivity contribution < 1.29 is 14.3 Å². The fourth-order valence-electron chi connectivity index (χ4n) is 3.90. The van der Waals surface area contributed by atoms with E-state index in [9.17, 15) is 9.59 Å². The first-order chi connectivity index (χ1) is 15.2. The minimum absolute atomic E-state index is 0.142. The summed E-state index contributed by atoms with van der Waals surface area (Å²) in [6, 6.07) is 24.3. The van der Waals surface area contributed by atoms with Crippen LogP contribution < -0.4 is 0 Å². The van der Waals surface area contributed by atoms with E-state index in [-0.39, 0.29) is 18.6 Å². The normalized spacial score (nSPS) is 14.4. The zero-order valence-corrected chi connectivity index (χ0v) is 17.3. The first-order valence-corrected chi connectivity index (χ1v) is 10.4. The standard InChI is InChI=1S/C25H25N3O3/c29-23(19-31-25(30)22-12-7-13-26-18-22)27-14-16-28(17-15-27)24(20-8-3-1-4-9-20)21-10-5-2-6-11-21/h1-13,18,24H,14-17,19H2. The molecule has 3 aromatic rings. The van der Waals surface area contributed by atoms with E-state index in [1.54, 1.807) is 23.2 Å². The number of pyridine rings is 1. The number of carbonyl (C=O) groups excluding carboxylic acids is 2. The average molecular weight is 415 g/mol. The number of aromatic nitrogens is 1. The predicted octanol–water partition coefficient (Wildman–Crippen LogP) is 3.17. The van der Waals surface area contributed by atoms with Crippen molar-refractivity contribution in [1.29, 1.82) is 0 Å². The molecule has 0 aliphatic carbocycles. The van der Waals surface area contributed by atoms with Crippen molar-refractivity contribution in [3.63, 3.8) is 0 Å². The van der Waals surface area contributed by atoms with Crippen molar-refractivity contribution in [2.24, 2.45) is 0 Å². The van der Waals surface area contributed by atoms with Gasteiger partial charge >= 0.3 is 5.97 Å². The third-order valence-corrected chi connectivity index (χ3v) is 5.49. The van der Waals surface area contributed by atoms with Crippen molar-refractivity contribution in [1.82, 2.24) is 14.8 Å². The molecule has 0 bridgehead atoms. The third-order valence-electron chi connectivity index (χ3n) is 5.49. The number of benzene rings is 2. The third kappa shape index (κ3) is 5.16. The van der Waals surface area contributed by atoms with Gasteiger partial charge in [0.05, 0.1) is 11.6 Å². The van der Waals surface area contributed by atoms with E-state index in [4.69, 9.17) is 4.74 Å². The van der Waals surface area contributed by atoms with E-state index in [1.165, 1.54) is 17.3 Å². The maximum absolute atomic E-state index is 12.6. The smallest absolute Gasteiger partial charge is 0.340 e. The molecule has 1 fully saturated rings. The van der Waals surface area contributed by atoms with Crippen LogP contribution in [0.3, 0.4) is 0 Å². The topological polar surface area (TPSA) is 62.7 Å². The SMILES string of the molecule is O=C(OCC(=O)N1CCN(C(c2ccccc2)c2ccccc2)CC1)c1cccnc1. The van der Waals surface area contributed by atoms with Crippen LogP contribution in [-0.4, -0.2) is 59.4 Å². The quantitative estimate of drug-likeness (QED) is 0.579. The highest BCUT2D eigenvalue weighted by molar-refractivity contribution is 5.90. The van der Waals surface area contributed by atoms with E-state index in [0.29, 0.717) is 18.7 Å². The van der Waals surface area contributed by atoms with Crippen molar-refractivity contribution in [2.45, 2.75) is 6.04 Å². The Bertz CT molecular complexity index is 949. The molecule has 6 nitrogen and oxygen atoms in total. The molecule has 2 aromatic carbocycles. The van der Waals surface area contributed by atoms with Crippen molar-refractivity contribution in [3.05, 3.63) is 102 Å². The molecular formula is C25H25N3O3. The van der Waals surface area contributed by atoms with Gasteiger partial charge in [-0.2, -0.15) is 0 Å². The van der Waals surface area contributed by atoms with Gasteiger partial charge in [-0.15, -0.1) is 0 Å². The van der Waals surface area contributed by atoms with E-state index >= 15 is 0 Å². The second-order valence-electron chi connectivity index (χ2n) is 7.46. The number of carbonyl (C=O) groups is 2. The van der Waals surface area contributed by atoms with Gasteiger partial charge in [0.2, 0.25) is 0 Å². The largest absolute Gasteiger partial charge is 0.452 e. The lowest BCUT2D eigenvalue weighted by Crippen LogP contribution is -2.50. The molecular weight excluding hydrogens is 390 g/mol. The van der Waals surface area contributed by atoms with Crippen LogP contribution >= 0.6 is 0 Å². The predicted molar refractivity (Wildman–Crippen MR) is 117 cm³/mol. The Kier molecular flexibility index (Phi) is 6.69. The number of rotatable bonds is 6. The Morgan fingerprint density at radius 2 is 1.45 bits per heavy atom. The van der Waals surface area contributed by atoms with Crippen LogP contribution in [0.4, 0.5) is 0 Å². The number of nitrogens with zero attached hydrogens (tertiary/aromatic N) is 3. The van der Waals surface area contributed by atoms with Crippen LogP contribution in [0.25, 0.3) is 0 Å². The van der Waals surface area contributed by atoms with E-state index in [1.807, 2.05) is 12.1 Å². The average Bonchev–Trinajstić information content (AvgIpc) is 2.85. The van der Waals surface area contributed by atoms with Gasteiger partial charge in [0.1, 0.15) is 0 Å². The summed E-state index contributed by atoms with van der Waals surface area (Å²) in [5, 5.41) is 0. The van der Waals surface area contributed by atoms with E-state index in [2.05, 4.69) is 58.4 Å². The number of amides is 1. The first-order valence-electron chi connectivity index (χ1n) is 10.4. The van der Waals surface area contributed by atoms with Crippen molar-refractivity contribution in [2.75, 3.05) is 32.8 Å². The molecule has 0 spiro atoms. The lowest BCUT2D eigenvalue weighted by atomic mass is 9.96. The Labute approximate surface area is 182 Å². The van der Waals surface area contributed by atoms with Gasteiger partial charge in [-0.05, 0) is 23.3 Å². The Balaban J connectivity index is 1.36. The zero-order chi connectivity index (χ0) is 21.5. The van der Waals surface area contributed by atoms with Gasteiger partial charge in [0.15, 0.2) is 6.61 Å².